The highest BCUT2D eigenvalue weighted by Gasteiger charge is 2.07. The van der Waals surface area contributed by atoms with Crippen molar-refractivity contribution in [3.05, 3.63) is 47.2 Å². The van der Waals surface area contributed by atoms with Crippen LogP contribution in [-0.4, -0.2) is 21.3 Å². The summed E-state index contributed by atoms with van der Waals surface area (Å²) in [6, 6.07) is 10.3. The highest BCUT2D eigenvalue weighted by atomic mass is 32.1. The van der Waals surface area contributed by atoms with E-state index in [1.807, 2.05) is 16.9 Å². The van der Waals surface area contributed by atoms with Crippen LogP contribution in [0, 0.1) is 0 Å². The Morgan fingerprint density at radius 3 is 3.00 bits per heavy atom. The summed E-state index contributed by atoms with van der Waals surface area (Å²) in [6.45, 7) is 4.66. The Hall–Kier alpha value is -1.72. The van der Waals surface area contributed by atoms with Gasteiger partial charge in [0.15, 0.2) is 0 Å². The molecule has 0 unspecified atom stereocenters. The van der Waals surface area contributed by atoms with Crippen LogP contribution in [0.15, 0.2) is 36.5 Å². The fourth-order valence-corrected chi connectivity index (χ4v) is 2.97. The SMILES string of the molecule is CCNCc1ccnn1Cc1nc2ccccc2s1. The van der Waals surface area contributed by atoms with Crippen molar-refractivity contribution < 1.29 is 0 Å². The molecule has 0 amide bonds. The van der Waals surface area contributed by atoms with Gasteiger partial charge in [0.25, 0.3) is 0 Å². The summed E-state index contributed by atoms with van der Waals surface area (Å²) in [5.74, 6) is 0. The third-order valence-corrected chi connectivity index (χ3v) is 4.00. The van der Waals surface area contributed by atoms with Gasteiger partial charge in [-0.05, 0) is 24.7 Å². The normalized spacial score (nSPS) is 11.2. The molecule has 0 saturated carbocycles. The number of rotatable bonds is 5. The Kier molecular flexibility index (Phi) is 3.57. The molecule has 2 aromatic heterocycles. The number of benzene rings is 1. The zero-order valence-corrected chi connectivity index (χ0v) is 11.7. The molecule has 19 heavy (non-hydrogen) atoms. The average Bonchev–Trinajstić information content (AvgIpc) is 3.02. The zero-order chi connectivity index (χ0) is 13.1. The lowest BCUT2D eigenvalue weighted by Gasteiger charge is -2.05. The first-order valence-electron chi connectivity index (χ1n) is 6.42. The van der Waals surface area contributed by atoms with Gasteiger partial charge >= 0.3 is 0 Å². The largest absolute Gasteiger partial charge is 0.311 e. The van der Waals surface area contributed by atoms with Gasteiger partial charge in [0, 0.05) is 12.7 Å². The van der Waals surface area contributed by atoms with Crippen molar-refractivity contribution in [3.8, 4) is 0 Å². The van der Waals surface area contributed by atoms with Crippen molar-refractivity contribution >= 4 is 21.6 Å². The Balaban J connectivity index is 1.82. The third-order valence-electron chi connectivity index (χ3n) is 2.98. The van der Waals surface area contributed by atoms with E-state index >= 15 is 0 Å². The molecule has 0 radical (unpaired) electrons. The van der Waals surface area contributed by atoms with E-state index in [4.69, 9.17) is 0 Å². The molecule has 3 rings (SSSR count). The van der Waals surface area contributed by atoms with Crippen LogP contribution in [0.3, 0.4) is 0 Å². The van der Waals surface area contributed by atoms with Crippen LogP contribution < -0.4 is 5.32 Å². The lowest BCUT2D eigenvalue weighted by atomic mass is 10.3. The maximum absolute atomic E-state index is 4.65. The van der Waals surface area contributed by atoms with Crippen LogP contribution in [-0.2, 0) is 13.1 Å². The van der Waals surface area contributed by atoms with Crippen molar-refractivity contribution in [3.63, 3.8) is 0 Å². The third kappa shape index (κ3) is 2.67. The number of fused-ring (bicyclic) bond motifs is 1. The van der Waals surface area contributed by atoms with Crippen molar-refractivity contribution in [2.24, 2.45) is 0 Å². The molecule has 0 bridgehead atoms. The number of nitrogens with one attached hydrogen (secondary N) is 1. The van der Waals surface area contributed by atoms with Gasteiger partial charge in [0.2, 0.25) is 0 Å². The molecule has 98 valence electrons. The smallest absolute Gasteiger partial charge is 0.115 e. The van der Waals surface area contributed by atoms with Gasteiger partial charge in [-0.3, -0.25) is 4.68 Å². The van der Waals surface area contributed by atoms with Crippen LogP contribution in [0.1, 0.15) is 17.6 Å². The maximum Gasteiger partial charge on any atom is 0.115 e. The van der Waals surface area contributed by atoms with Crippen LogP contribution in [0.4, 0.5) is 0 Å². The molecule has 0 fully saturated rings. The van der Waals surface area contributed by atoms with Gasteiger partial charge in [-0.25, -0.2) is 4.98 Å². The molecule has 0 atom stereocenters. The first kappa shape index (κ1) is 12.3. The van der Waals surface area contributed by atoms with Crippen LogP contribution in [0.25, 0.3) is 10.2 Å². The summed E-state index contributed by atoms with van der Waals surface area (Å²) < 4.78 is 3.25. The molecule has 4 nitrogen and oxygen atoms in total. The predicted molar refractivity (Wildman–Crippen MR) is 78.3 cm³/mol. The Labute approximate surface area is 116 Å². The van der Waals surface area contributed by atoms with Gasteiger partial charge in [-0.2, -0.15) is 5.10 Å². The number of thiazole rings is 1. The minimum Gasteiger partial charge on any atom is -0.311 e. The van der Waals surface area contributed by atoms with Crippen molar-refractivity contribution in [1.29, 1.82) is 0 Å². The number of aromatic nitrogens is 3. The number of para-hydroxylation sites is 1. The van der Waals surface area contributed by atoms with Gasteiger partial charge in [-0.15, -0.1) is 11.3 Å². The molecule has 5 heteroatoms. The molecule has 2 heterocycles. The van der Waals surface area contributed by atoms with Gasteiger partial charge in [0.05, 0.1) is 22.5 Å². The lowest BCUT2D eigenvalue weighted by Crippen LogP contribution is -2.16. The molecular formula is C14H16N4S. The standard InChI is InChI=1S/C14H16N4S/c1-2-15-9-11-7-8-16-18(11)10-14-17-12-5-3-4-6-13(12)19-14/h3-8,15H,2,9-10H2,1H3. The van der Waals surface area contributed by atoms with Gasteiger partial charge < -0.3 is 5.32 Å². The molecule has 1 N–H and O–H groups in total. The number of hydrogen-bond donors (Lipinski definition) is 1. The summed E-state index contributed by atoms with van der Waals surface area (Å²) in [7, 11) is 0. The number of hydrogen-bond acceptors (Lipinski definition) is 4. The van der Waals surface area contributed by atoms with Crippen LogP contribution in [0.2, 0.25) is 0 Å². The Morgan fingerprint density at radius 1 is 1.26 bits per heavy atom. The molecule has 0 saturated heterocycles. The summed E-state index contributed by atoms with van der Waals surface area (Å²) in [5.41, 5.74) is 2.27. The molecular weight excluding hydrogens is 256 g/mol. The van der Waals surface area contributed by atoms with Crippen LogP contribution in [0.5, 0.6) is 0 Å². The minimum absolute atomic E-state index is 0.743. The highest BCUT2D eigenvalue weighted by molar-refractivity contribution is 7.18. The lowest BCUT2D eigenvalue weighted by molar-refractivity contribution is 0.605. The molecule has 1 aromatic carbocycles. The first-order chi connectivity index (χ1) is 9.36. The van der Waals surface area contributed by atoms with E-state index in [0.29, 0.717) is 0 Å². The molecule has 3 aromatic rings. The van der Waals surface area contributed by atoms with E-state index in [1.54, 1.807) is 11.3 Å². The van der Waals surface area contributed by atoms with Crippen molar-refractivity contribution in [1.82, 2.24) is 20.1 Å². The van der Waals surface area contributed by atoms with E-state index in [0.717, 1.165) is 30.2 Å². The summed E-state index contributed by atoms with van der Waals surface area (Å²) in [4.78, 5) is 4.65. The van der Waals surface area contributed by atoms with Gasteiger partial charge in [-0.1, -0.05) is 19.1 Å². The second-order valence-corrected chi connectivity index (χ2v) is 5.45. The zero-order valence-electron chi connectivity index (χ0n) is 10.8. The van der Waals surface area contributed by atoms with E-state index < -0.39 is 0 Å². The fourth-order valence-electron chi connectivity index (χ4n) is 2.02. The van der Waals surface area contributed by atoms with Gasteiger partial charge in [0.1, 0.15) is 5.01 Å². The van der Waals surface area contributed by atoms with E-state index in [1.165, 1.54) is 10.4 Å². The monoisotopic (exact) mass is 272 g/mol. The minimum atomic E-state index is 0.743. The number of nitrogens with zero attached hydrogens (tertiary/aromatic N) is 3. The van der Waals surface area contributed by atoms with E-state index in [-0.39, 0.29) is 0 Å². The Morgan fingerprint density at radius 2 is 2.16 bits per heavy atom. The summed E-state index contributed by atoms with van der Waals surface area (Å²) in [6.07, 6.45) is 1.85. The van der Waals surface area contributed by atoms with Crippen molar-refractivity contribution in [2.75, 3.05) is 6.54 Å². The average molecular weight is 272 g/mol. The van der Waals surface area contributed by atoms with Crippen LogP contribution >= 0.6 is 11.3 Å². The molecule has 0 aliphatic rings. The van der Waals surface area contributed by atoms with Crippen molar-refractivity contribution in [2.45, 2.75) is 20.0 Å². The second kappa shape index (κ2) is 5.50. The van der Waals surface area contributed by atoms with E-state index in [2.05, 4.69) is 46.6 Å². The molecule has 0 spiro atoms. The topological polar surface area (TPSA) is 42.7 Å². The molecule has 0 aliphatic heterocycles. The summed E-state index contributed by atoms with van der Waals surface area (Å²) >= 11 is 1.74. The fraction of sp³-hybridized carbons (Fsp3) is 0.286. The molecule has 0 aliphatic carbocycles. The quantitative estimate of drug-likeness (QED) is 0.776. The summed E-state index contributed by atoms with van der Waals surface area (Å²) in [5, 5.41) is 8.80. The maximum atomic E-state index is 4.65. The predicted octanol–water partition coefficient (Wildman–Crippen LogP) is 2.65. The first-order valence-corrected chi connectivity index (χ1v) is 7.24. The Bertz CT molecular complexity index is 638. The van der Waals surface area contributed by atoms with E-state index in [9.17, 15) is 0 Å². The second-order valence-electron chi connectivity index (χ2n) is 4.34. The highest BCUT2D eigenvalue weighted by Crippen LogP contribution is 2.22.